The highest BCUT2D eigenvalue weighted by Gasteiger charge is 2.30. The van der Waals surface area contributed by atoms with Gasteiger partial charge in [0.15, 0.2) is 0 Å². The first-order chi connectivity index (χ1) is 9.80. The highest BCUT2D eigenvalue weighted by atomic mass is 19.4. The summed E-state index contributed by atoms with van der Waals surface area (Å²) in [6.07, 6.45) is -4.75. The molecule has 0 aliphatic heterocycles. The minimum absolute atomic E-state index is 0.198. The molecule has 6 nitrogen and oxygen atoms in total. The summed E-state index contributed by atoms with van der Waals surface area (Å²) in [5, 5.41) is 7.10. The molecule has 0 unspecified atom stereocenters. The zero-order valence-corrected chi connectivity index (χ0v) is 11.1. The topological polar surface area (TPSA) is 79.5 Å². The lowest BCUT2D eigenvalue weighted by molar-refractivity contribution is -0.274. The maximum absolute atomic E-state index is 12.0. The summed E-state index contributed by atoms with van der Waals surface area (Å²) in [5.74, 6) is -0.934. The van der Waals surface area contributed by atoms with Crippen LogP contribution in [0.3, 0.4) is 0 Å². The molecule has 9 heteroatoms. The predicted octanol–water partition coefficient (Wildman–Crippen LogP) is 1.84. The van der Waals surface area contributed by atoms with Gasteiger partial charge in [0, 0.05) is 12.2 Å². The molecule has 1 aromatic rings. The molecule has 116 valence electrons. The molecule has 0 atom stereocenters. The fraction of sp³-hybridized carbons (Fsp3) is 0.333. The first-order valence-electron chi connectivity index (χ1n) is 5.97. The highest BCUT2D eigenvalue weighted by Crippen LogP contribution is 2.23. The van der Waals surface area contributed by atoms with E-state index in [1.54, 1.807) is 6.92 Å². The van der Waals surface area contributed by atoms with Crippen molar-refractivity contribution in [2.45, 2.75) is 13.3 Å². The first-order valence-corrected chi connectivity index (χ1v) is 5.97. The van der Waals surface area contributed by atoms with Gasteiger partial charge in [0.2, 0.25) is 5.91 Å². The molecule has 0 bridgehead atoms. The van der Waals surface area contributed by atoms with Crippen LogP contribution in [0, 0.1) is 0 Å². The van der Waals surface area contributed by atoms with Gasteiger partial charge in [0.25, 0.3) is 0 Å². The van der Waals surface area contributed by atoms with Crippen molar-refractivity contribution in [3.8, 4) is 5.75 Å². The van der Waals surface area contributed by atoms with E-state index in [9.17, 15) is 22.8 Å². The summed E-state index contributed by atoms with van der Waals surface area (Å²) in [5.41, 5.74) is 0.413. The molecule has 0 aliphatic rings. The number of hydrogen-bond acceptors (Lipinski definition) is 4. The van der Waals surface area contributed by atoms with Gasteiger partial charge in [-0.3, -0.25) is 10.1 Å². The number of carbonyl (C=O) groups is 2. The lowest BCUT2D eigenvalue weighted by atomic mass is 10.3. The molecule has 1 aromatic carbocycles. The second-order valence-corrected chi connectivity index (χ2v) is 3.83. The average molecular weight is 305 g/mol. The van der Waals surface area contributed by atoms with E-state index in [2.05, 4.69) is 20.7 Å². The summed E-state index contributed by atoms with van der Waals surface area (Å²) < 4.78 is 39.6. The minimum Gasteiger partial charge on any atom is -0.406 e. The van der Waals surface area contributed by atoms with Gasteiger partial charge < -0.3 is 15.4 Å². The number of rotatable bonds is 5. The van der Waals surface area contributed by atoms with Gasteiger partial charge in [-0.1, -0.05) is 0 Å². The number of nitrogens with one attached hydrogen (secondary N) is 3. The Morgan fingerprint density at radius 1 is 1.19 bits per heavy atom. The smallest absolute Gasteiger partial charge is 0.406 e. The van der Waals surface area contributed by atoms with Crippen molar-refractivity contribution < 1.29 is 27.5 Å². The van der Waals surface area contributed by atoms with Crippen molar-refractivity contribution in [1.82, 2.24) is 10.6 Å². The normalized spacial score (nSPS) is 10.7. The second-order valence-electron chi connectivity index (χ2n) is 3.83. The molecule has 0 fully saturated rings. The fourth-order valence-corrected chi connectivity index (χ4v) is 1.33. The molecule has 1 rings (SSSR count). The number of alkyl halides is 3. The van der Waals surface area contributed by atoms with Gasteiger partial charge in [0.1, 0.15) is 5.75 Å². The zero-order valence-electron chi connectivity index (χ0n) is 11.1. The van der Waals surface area contributed by atoms with E-state index in [1.165, 1.54) is 12.1 Å². The van der Waals surface area contributed by atoms with E-state index in [1.807, 2.05) is 0 Å². The Balaban J connectivity index is 2.42. The predicted molar refractivity (Wildman–Crippen MR) is 68.8 cm³/mol. The average Bonchev–Trinajstić information content (AvgIpc) is 2.36. The van der Waals surface area contributed by atoms with Crippen LogP contribution in [0.25, 0.3) is 0 Å². The molecule has 0 spiro atoms. The summed E-state index contributed by atoms with van der Waals surface area (Å²) in [7, 11) is 0. The molecule has 0 radical (unpaired) electrons. The number of benzene rings is 1. The van der Waals surface area contributed by atoms with Crippen molar-refractivity contribution in [1.29, 1.82) is 0 Å². The van der Waals surface area contributed by atoms with E-state index in [0.29, 0.717) is 12.2 Å². The molecule has 0 saturated heterocycles. The van der Waals surface area contributed by atoms with Gasteiger partial charge in [-0.25, -0.2) is 4.79 Å². The molecule has 0 aliphatic carbocycles. The van der Waals surface area contributed by atoms with Crippen LogP contribution in [0.1, 0.15) is 6.92 Å². The van der Waals surface area contributed by atoms with Crippen LogP contribution in [0.4, 0.5) is 23.7 Å². The summed E-state index contributed by atoms with van der Waals surface area (Å²) in [6, 6.07) is 4.24. The number of carbonyl (C=O) groups excluding carboxylic acids is 2. The Labute approximate surface area is 118 Å². The lowest BCUT2D eigenvalue weighted by Crippen LogP contribution is -2.41. The van der Waals surface area contributed by atoms with Crippen LogP contribution in [0.5, 0.6) is 5.75 Å². The van der Waals surface area contributed by atoms with Gasteiger partial charge in [-0.15, -0.1) is 13.2 Å². The molecular weight excluding hydrogens is 291 g/mol. The van der Waals surface area contributed by atoms with E-state index in [-0.39, 0.29) is 12.3 Å². The Kier molecular flexibility index (Phi) is 5.82. The van der Waals surface area contributed by atoms with E-state index >= 15 is 0 Å². The van der Waals surface area contributed by atoms with Gasteiger partial charge in [-0.2, -0.15) is 0 Å². The molecule has 21 heavy (non-hydrogen) atoms. The summed E-state index contributed by atoms with van der Waals surface area (Å²) in [6.45, 7) is 1.89. The third-order valence-corrected chi connectivity index (χ3v) is 2.13. The van der Waals surface area contributed by atoms with Gasteiger partial charge >= 0.3 is 12.4 Å². The van der Waals surface area contributed by atoms with Crippen molar-refractivity contribution in [3.63, 3.8) is 0 Å². The van der Waals surface area contributed by atoms with Crippen molar-refractivity contribution in [2.75, 3.05) is 18.4 Å². The monoisotopic (exact) mass is 305 g/mol. The van der Waals surface area contributed by atoms with Crippen molar-refractivity contribution >= 4 is 17.6 Å². The van der Waals surface area contributed by atoms with Crippen LogP contribution in [0.15, 0.2) is 24.3 Å². The highest BCUT2D eigenvalue weighted by molar-refractivity contribution is 5.96. The number of hydrogen-bond donors (Lipinski definition) is 3. The van der Waals surface area contributed by atoms with Gasteiger partial charge in [-0.05, 0) is 31.2 Å². The number of anilines is 1. The summed E-state index contributed by atoms with van der Waals surface area (Å²) in [4.78, 5) is 22.4. The molecular formula is C12H14F3N3O3. The van der Waals surface area contributed by atoms with Gasteiger partial charge in [0.05, 0.1) is 6.54 Å². The Morgan fingerprint density at radius 2 is 1.81 bits per heavy atom. The molecule has 0 saturated carbocycles. The lowest BCUT2D eigenvalue weighted by Gasteiger charge is -2.10. The fourth-order valence-electron chi connectivity index (χ4n) is 1.33. The van der Waals surface area contributed by atoms with E-state index in [0.717, 1.165) is 12.1 Å². The molecule has 0 aromatic heterocycles. The third kappa shape index (κ3) is 7.04. The van der Waals surface area contributed by atoms with E-state index in [4.69, 9.17) is 0 Å². The van der Waals surface area contributed by atoms with Crippen LogP contribution in [0.2, 0.25) is 0 Å². The Morgan fingerprint density at radius 3 is 2.33 bits per heavy atom. The molecule has 3 N–H and O–H groups in total. The Bertz CT molecular complexity index is 489. The SMILES string of the molecule is CCNC(=O)NC(=O)CNc1ccc(OC(F)(F)F)cc1. The minimum atomic E-state index is -4.75. The maximum atomic E-state index is 12.0. The standard InChI is InChI=1S/C12H14F3N3O3/c1-2-16-11(20)18-10(19)7-17-8-3-5-9(6-4-8)21-12(13,14)15/h3-6,17H,2,7H2,1H3,(H2,16,18,19,20). The maximum Gasteiger partial charge on any atom is 0.573 e. The zero-order chi connectivity index (χ0) is 15.9. The first kappa shape index (κ1) is 16.6. The van der Waals surface area contributed by atoms with Crippen LogP contribution in [-0.2, 0) is 4.79 Å². The van der Waals surface area contributed by atoms with Crippen molar-refractivity contribution in [2.24, 2.45) is 0 Å². The second kappa shape index (κ2) is 7.36. The number of ether oxygens (including phenoxy) is 1. The quantitative estimate of drug-likeness (QED) is 0.775. The molecule has 3 amide bonds. The number of amides is 3. The van der Waals surface area contributed by atoms with Crippen LogP contribution < -0.4 is 20.7 Å². The number of urea groups is 1. The van der Waals surface area contributed by atoms with Crippen molar-refractivity contribution in [3.05, 3.63) is 24.3 Å². The largest absolute Gasteiger partial charge is 0.573 e. The number of halogens is 3. The third-order valence-electron chi connectivity index (χ3n) is 2.13. The number of imide groups is 1. The molecule has 0 heterocycles. The van der Waals surface area contributed by atoms with Crippen LogP contribution >= 0.6 is 0 Å². The summed E-state index contributed by atoms with van der Waals surface area (Å²) >= 11 is 0. The Hall–Kier alpha value is -2.45. The van der Waals surface area contributed by atoms with E-state index < -0.39 is 18.3 Å². The van der Waals surface area contributed by atoms with Crippen LogP contribution in [-0.4, -0.2) is 31.4 Å².